The van der Waals surface area contributed by atoms with Crippen LogP contribution in [-0.4, -0.2) is 19.3 Å². The van der Waals surface area contributed by atoms with Crippen LogP contribution in [0.25, 0.3) is 0 Å². The van der Waals surface area contributed by atoms with Gasteiger partial charge in [0, 0.05) is 13.2 Å². The Hall–Kier alpha value is -1.06. The molecule has 0 aromatic heterocycles. The second-order valence-corrected chi connectivity index (χ2v) is 7.28. The molecule has 0 heterocycles. The summed E-state index contributed by atoms with van der Waals surface area (Å²) in [7, 11) is 1.71. The van der Waals surface area contributed by atoms with E-state index in [9.17, 15) is 0 Å². The van der Waals surface area contributed by atoms with Crippen molar-refractivity contribution in [2.45, 2.75) is 58.8 Å². The molecule has 118 valence electrons. The van der Waals surface area contributed by atoms with E-state index in [4.69, 9.17) is 15.2 Å². The largest absolute Gasteiger partial charge is 0.489 e. The SMILES string of the molecule is COCc1cccc(OC2CC(C(C)(C)C)CCC2N)c1. The van der Waals surface area contributed by atoms with E-state index in [1.165, 1.54) is 6.42 Å². The third kappa shape index (κ3) is 4.45. The maximum Gasteiger partial charge on any atom is 0.120 e. The zero-order valence-electron chi connectivity index (χ0n) is 13.8. The molecule has 1 aromatic carbocycles. The van der Waals surface area contributed by atoms with Crippen LogP contribution < -0.4 is 10.5 Å². The first-order valence-corrected chi connectivity index (χ1v) is 7.90. The molecule has 3 heteroatoms. The smallest absolute Gasteiger partial charge is 0.120 e. The van der Waals surface area contributed by atoms with Crippen molar-refractivity contribution in [3.8, 4) is 5.75 Å². The molecule has 2 rings (SSSR count). The Morgan fingerprint density at radius 3 is 2.67 bits per heavy atom. The fourth-order valence-electron chi connectivity index (χ4n) is 3.12. The monoisotopic (exact) mass is 291 g/mol. The number of rotatable bonds is 4. The maximum atomic E-state index is 6.28. The zero-order valence-corrected chi connectivity index (χ0v) is 13.8. The molecule has 0 amide bonds. The number of hydrogen-bond acceptors (Lipinski definition) is 3. The number of ether oxygens (including phenoxy) is 2. The van der Waals surface area contributed by atoms with Crippen LogP contribution in [0.4, 0.5) is 0 Å². The lowest BCUT2D eigenvalue weighted by atomic mass is 9.70. The second-order valence-electron chi connectivity index (χ2n) is 7.28. The molecule has 21 heavy (non-hydrogen) atoms. The topological polar surface area (TPSA) is 44.5 Å². The molecule has 1 aliphatic carbocycles. The Balaban J connectivity index is 2.04. The van der Waals surface area contributed by atoms with Gasteiger partial charge in [0.25, 0.3) is 0 Å². The standard InChI is InChI=1S/C18H29NO2/c1-18(2,3)14-8-9-16(19)17(11-14)21-15-7-5-6-13(10-15)12-20-4/h5-7,10,14,16-17H,8-9,11-12,19H2,1-4H3. The number of benzene rings is 1. The van der Waals surface area contributed by atoms with Gasteiger partial charge in [-0.15, -0.1) is 0 Å². The number of methoxy groups -OCH3 is 1. The normalized spacial score (nSPS) is 26.6. The summed E-state index contributed by atoms with van der Waals surface area (Å²) in [6.07, 6.45) is 3.40. The van der Waals surface area contributed by atoms with E-state index in [-0.39, 0.29) is 12.1 Å². The Labute approximate surface area is 128 Å². The average molecular weight is 291 g/mol. The summed E-state index contributed by atoms with van der Waals surface area (Å²) < 4.78 is 11.4. The lowest BCUT2D eigenvalue weighted by Gasteiger charge is -2.40. The molecule has 3 unspecified atom stereocenters. The Morgan fingerprint density at radius 2 is 2.00 bits per heavy atom. The Kier molecular flexibility index (Phi) is 5.28. The lowest BCUT2D eigenvalue weighted by molar-refractivity contribution is 0.0590. The quantitative estimate of drug-likeness (QED) is 0.918. The highest BCUT2D eigenvalue weighted by Crippen LogP contribution is 2.38. The molecule has 0 aliphatic heterocycles. The average Bonchev–Trinajstić information content (AvgIpc) is 2.41. The molecule has 0 radical (unpaired) electrons. The molecule has 1 saturated carbocycles. The first-order valence-electron chi connectivity index (χ1n) is 7.90. The fourth-order valence-corrected chi connectivity index (χ4v) is 3.12. The molecular weight excluding hydrogens is 262 g/mol. The minimum Gasteiger partial charge on any atom is -0.489 e. The van der Waals surface area contributed by atoms with Crippen LogP contribution in [0.5, 0.6) is 5.75 Å². The highest BCUT2D eigenvalue weighted by atomic mass is 16.5. The van der Waals surface area contributed by atoms with Gasteiger partial charge in [-0.05, 0) is 48.3 Å². The lowest BCUT2D eigenvalue weighted by Crippen LogP contribution is -2.46. The summed E-state index contributed by atoms with van der Waals surface area (Å²) >= 11 is 0. The van der Waals surface area contributed by atoms with Crippen molar-refractivity contribution in [2.75, 3.05) is 7.11 Å². The maximum absolute atomic E-state index is 6.28. The van der Waals surface area contributed by atoms with Crippen LogP contribution in [-0.2, 0) is 11.3 Å². The van der Waals surface area contributed by atoms with Crippen LogP contribution in [0.2, 0.25) is 0 Å². The number of hydrogen-bond donors (Lipinski definition) is 1. The van der Waals surface area contributed by atoms with Crippen molar-refractivity contribution in [2.24, 2.45) is 17.1 Å². The highest BCUT2D eigenvalue weighted by molar-refractivity contribution is 5.28. The van der Waals surface area contributed by atoms with Crippen molar-refractivity contribution in [1.82, 2.24) is 0 Å². The molecule has 1 fully saturated rings. The Morgan fingerprint density at radius 1 is 1.24 bits per heavy atom. The van der Waals surface area contributed by atoms with E-state index in [2.05, 4.69) is 32.9 Å². The first kappa shape index (κ1) is 16.3. The van der Waals surface area contributed by atoms with Gasteiger partial charge in [-0.1, -0.05) is 32.9 Å². The third-order valence-electron chi connectivity index (χ3n) is 4.56. The Bertz CT molecular complexity index is 453. The first-order chi connectivity index (χ1) is 9.90. The third-order valence-corrected chi connectivity index (χ3v) is 4.56. The van der Waals surface area contributed by atoms with Crippen molar-refractivity contribution < 1.29 is 9.47 Å². The summed E-state index contributed by atoms with van der Waals surface area (Å²) in [5.74, 6) is 1.57. The summed E-state index contributed by atoms with van der Waals surface area (Å²) in [5, 5.41) is 0. The number of nitrogens with two attached hydrogens (primary N) is 1. The molecule has 0 spiro atoms. The van der Waals surface area contributed by atoms with Gasteiger partial charge in [0.1, 0.15) is 11.9 Å². The molecule has 3 atom stereocenters. The molecule has 0 bridgehead atoms. The van der Waals surface area contributed by atoms with Crippen molar-refractivity contribution >= 4 is 0 Å². The highest BCUT2D eigenvalue weighted by Gasteiger charge is 2.35. The van der Waals surface area contributed by atoms with Gasteiger partial charge < -0.3 is 15.2 Å². The second kappa shape index (κ2) is 6.80. The van der Waals surface area contributed by atoms with Gasteiger partial charge in [0.15, 0.2) is 0 Å². The molecule has 3 nitrogen and oxygen atoms in total. The molecular formula is C18H29NO2. The summed E-state index contributed by atoms with van der Waals surface area (Å²) in [6.45, 7) is 7.54. The van der Waals surface area contributed by atoms with Gasteiger partial charge in [0.05, 0.1) is 6.61 Å². The predicted molar refractivity (Wildman–Crippen MR) is 86.3 cm³/mol. The van der Waals surface area contributed by atoms with Crippen LogP contribution >= 0.6 is 0 Å². The van der Waals surface area contributed by atoms with Crippen LogP contribution in [0.3, 0.4) is 0 Å². The van der Waals surface area contributed by atoms with Crippen molar-refractivity contribution in [3.05, 3.63) is 29.8 Å². The van der Waals surface area contributed by atoms with Crippen molar-refractivity contribution in [3.63, 3.8) is 0 Å². The van der Waals surface area contributed by atoms with Gasteiger partial charge >= 0.3 is 0 Å². The molecule has 2 N–H and O–H groups in total. The summed E-state index contributed by atoms with van der Waals surface area (Å²) in [6, 6.07) is 8.26. The van der Waals surface area contributed by atoms with Gasteiger partial charge in [-0.3, -0.25) is 0 Å². The minimum absolute atomic E-state index is 0.112. The predicted octanol–water partition coefficient (Wildman–Crippen LogP) is 3.75. The van der Waals surface area contributed by atoms with E-state index in [1.54, 1.807) is 7.11 Å². The van der Waals surface area contributed by atoms with Crippen LogP contribution in [0, 0.1) is 11.3 Å². The van der Waals surface area contributed by atoms with E-state index < -0.39 is 0 Å². The van der Waals surface area contributed by atoms with E-state index in [1.807, 2.05) is 12.1 Å². The van der Waals surface area contributed by atoms with E-state index in [0.29, 0.717) is 17.9 Å². The molecule has 1 aliphatic rings. The van der Waals surface area contributed by atoms with Gasteiger partial charge in [-0.2, -0.15) is 0 Å². The molecule has 0 saturated heterocycles. The van der Waals surface area contributed by atoms with Crippen molar-refractivity contribution in [1.29, 1.82) is 0 Å². The van der Waals surface area contributed by atoms with Crippen LogP contribution in [0.15, 0.2) is 24.3 Å². The molecule has 1 aromatic rings. The zero-order chi connectivity index (χ0) is 15.5. The summed E-state index contributed by atoms with van der Waals surface area (Å²) in [4.78, 5) is 0. The van der Waals surface area contributed by atoms with Crippen LogP contribution in [0.1, 0.15) is 45.6 Å². The van der Waals surface area contributed by atoms with Gasteiger partial charge in [-0.25, -0.2) is 0 Å². The minimum atomic E-state index is 0.112. The van der Waals surface area contributed by atoms with E-state index in [0.717, 1.165) is 24.2 Å². The van der Waals surface area contributed by atoms with Gasteiger partial charge in [0.2, 0.25) is 0 Å². The summed E-state index contributed by atoms with van der Waals surface area (Å²) in [5.41, 5.74) is 7.73. The van der Waals surface area contributed by atoms with E-state index >= 15 is 0 Å². The fraction of sp³-hybridized carbons (Fsp3) is 0.667.